The van der Waals surface area contributed by atoms with Gasteiger partial charge in [0.05, 0.1) is 6.10 Å². The van der Waals surface area contributed by atoms with E-state index in [1.807, 2.05) is 0 Å². The number of nitrogens with one attached hydrogen (secondary N) is 1. The molecule has 17 heavy (non-hydrogen) atoms. The highest BCUT2D eigenvalue weighted by Gasteiger charge is 2.28. The molecule has 0 spiro atoms. The van der Waals surface area contributed by atoms with E-state index in [2.05, 4.69) is 5.32 Å². The normalized spacial score (nSPS) is 20.1. The van der Waals surface area contributed by atoms with Gasteiger partial charge in [0.2, 0.25) is 5.91 Å². The van der Waals surface area contributed by atoms with Gasteiger partial charge in [0.1, 0.15) is 6.54 Å². The van der Waals surface area contributed by atoms with Crippen molar-refractivity contribution in [3.8, 4) is 0 Å². The maximum absolute atomic E-state index is 11.9. The summed E-state index contributed by atoms with van der Waals surface area (Å²) < 4.78 is 5.12. The SMILES string of the molecule is CC(C)OC(=O)N(CC(N)=O)C1CCCNC1. The molecule has 1 aliphatic rings. The van der Waals surface area contributed by atoms with E-state index in [0.29, 0.717) is 6.54 Å². The molecule has 0 bridgehead atoms. The molecule has 1 fully saturated rings. The van der Waals surface area contributed by atoms with Crippen molar-refractivity contribution in [3.63, 3.8) is 0 Å². The minimum Gasteiger partial charge on any atom is -0.447 e. The molecule has 6 nitrogen and oxygen atoms in total. The number of carbonyl (C=O) groups excluding carboxylic acids is 2. The molecule has 1 aliphatic heterocycles. The summed E-state index contributed by atoms with van der Waals surface area (Å²) in [4.78, 5) is 24.3. The van der Waals surface area contributed by atoms with Crippen molar-refractivity contribution in [3.05, 3.63) is 0 Å². The second kappa shape index (κ2) is 6.44. The number of amides is 2. The lowest BCUT2D eigenvalue weighted by atomic mass is 10.1. The number of ether oxygens (including phenoxy) is 1. The standard InChI is InChI=1S/C11H21N3O3/c1-8(2)17-11(16)14(7-10(12)15)9-4-3-5-13-6-9/h8-9,13H,3-7H2,1-2H3,(H2,12,15). The molecule has 0 saturated carbocycles. The predicted octanol–water partition coefficient (Wildman–Crippen LogP) is 0.0707. The van der Waals surface area contributed by atoms with Crippen LogP contribution in [-0.4, -0.2) is 48.7 Å². The van der Waals surface area contributed by atoms with Crippen LogP contribution in [0.2, 0.25) is 0 Å². The molecular formula is C11H21N3O3. The molecule has 3 N–H and O–H groups in total. The average Bonchev–Trinajstić information content (AvgIpc) is 2.25. The van der Waals surface area contributed by atoms with E-state index in [1.165, 1.54) is 4.90 Å². The fourth-order valence-corrected chi connectivity index (χ4v) is 1.88. The number of carbonyl (C=O) groups is 2. The van der Waals surface area contributed by atoms with Crippen molar-refractivity contribution in [2.24, 2.45) is 5.73 Å². The van der Waals surface area contributed by atoms with Gasteiger partial charge in [-0.3, -0.25) is 9.69 Å². The summed E-state index contributed by atoms with van der Waals surface area (Å²) in [6.45, 7) is 5.09. The minimum absolute atomic E-state index is 0.0116. The molecule has 1 unspecified atom stereocenters. The largest absolute Gasteiger partial charge is 0.447 e. The van der Waals surface area contributed by atoms with Crippen LogP contribution in [0.25, 0.3) is 0 Å². The van der Waals surface area contributed by atoms with Gasteiger partial charge in [0.15, 0.2) is 0 Å². The van der Waals surface area contributed by atoms with Crippen molar-refractivity contribution in [1.82, 2.24) is 10.2 Å². The first-order valence-corrected chi connectivity index (χ1v) is 5.97. The summed E-state index contributed by atoms with van der Waals surface area (Å²) in [6.07, 6.45) is 1.18. The Bertz CT molecular complexity index is 275. The van der Waals surface area contributed by atoms with Crippen LogP contribution in [0, 0.1) is 0 Å². The van der Waals surface area contributed by atoms with E-state index in [4.69, 9.17) is 10.5 Å². The Labute approximate surface area is 101 Å². The zero-order valence-electron chi connectivity index (χ0n) is 10.4. The van der Waals surface area contributed by atoms with E-state index in [-0.39, 0.29) is 18.7 Å². The number of nitrogens with zero attached hydrogens (tertiary/aromatic N) is 1. The Balaban J connectivity index is 2.64. The summed E-state index contributed by atoms with van der Waals surface area (Å²) in [7, 11) is 0. The molecule has 98 valence electrons. The molecule has 6 heteroatoms. The van der Waals surface area contributed by atoms with Crippen LogP contribution in [-0.2, 0) is 9.53 Å². The highest BCUT2D eigenvalue weighted by Crippen LogP contribution is 2.12. The lowest BCUT2D eigenvalue weighted by Gasteiger charge is -2.33. The van der Waals surface area contributed by atoms with E-state index in [1.54, 1.807) is 13.8 Å². The summed E-state index contributed by atoms with van der Waals surface area (Å²) in [5.41, 5.74) is 5.16. The third-order valence-corrected chi connectivity index (χ3v) is 2.61. The van der Waals surface area contributed by atoms with Crippen molar-refractivity contribution in [1.29, 1.82) is 0 Å². The molecule has 1 rings (SSSR count). The smallest absolute Gasteiger partial charge is 0.410 e. The minimum atomic E-state index is -0.517. The Morgan fingerprint density at radius 2 is 2.24 bits per heavy atom. The molecular weight excluding hydrogens is 222 g/mol. The Hall–Kier alpha value is -1.30. The Morgan fingerprint density at radius 1 is 1.53 bits per heavy atom. The van der Waals surface area contributed by atoms with E-state index >= 15 is 0 Å². The third kappa shape index (κ3) is 4.60. The molecule has 1 atom stereocenters. The van der Waals surface area contributed by atoms with Crippen molar-refractivity contribution < 1.29 is 14.3 Å². The monoisotopic (exact) mass is 243 g/mol. The number of rotatable bonds is 4. The topological polar surface area (TPSA) is 84.7 Å². The van der Waals surface area contributed by atoms with Crippen LogP contribution < -0.4 is 11.1 Å². The van der Waals surface area contributed by atoms with Gasteiger partial charge in [-0.2, -0.15) is 0 Å². The molecule has 1 saturated heterocycles. The molecule has 0 aliphatic carbocycles. The van der Waals surface area contributed by atoms with Gasteiger partial charge < -0.3 is 15.8 Å². The second-order valence-electron chi connectivity index (χ2n) is 4.53. The van der Waals surface area contributed by atoms with Gasteiger partial charge >= 0.3 is 6.09 Å². The van der Waals surface area contributed by atoms with Crippen LogP contribution in [0.3, 0.4) is 0 Å². The zero-order chi connectivity index (χ0) is 12.8. The van der Waals surface area contributed by atoms with Crippen LogP contribution >= 0.6 is 0 Å². The molecule has 0 aromatic carbocycles. The van der Waals surface area contributed by atoms with Gasteiger partial charge in [0, 0.05) is 12.6 Å². The summed E-state index contributed by atoms with van der Waals surface area (Å²) in [5, 5.41) is 3.20. The molecule has 0 aromatic rings. The Morgan fingerprint density at radius 3 is 2.71 bits per heavy atom. The van der Waals surface area contributed by atoms with E-state index in [9.17, 15) is 9.59 Å². The van der Waals surface area contributed by atoms with Crippen LogP contribution in [0.4, 0.5) is 4.79 Å². The van der Waals surface area contributed by atoms with Crippen molar-refractivity contribution in [2.45, 2.75) is 38.8 Å². The first kappa shape index (κ1) is 13.8. The quantitative estimate of drug-likeness (QED) is 0.732. The zero-order valence-corrected chi connectivity index (χ0v) is 10.4. The van der Waals surface area contributed by atoms with E-state index < -0.39 is 12.0 Å². The summed E-state index contributed by atoms with van der Waals surface area (Å²) in [6, 6.07) is -0.0116. The fourth-order valence-electron chi connectivity index (χ4n) is 1.88. The highest BCUT2D eigenvalue weighted by atomic mass is 16.6. The lowest BCUT2D eigenvalue weighted by molar-refractivity contribution is -0.119. The Kier molecular flexibility index (Phi) is 5.21. The van der Waals surface area contributed by atoms with E-state index in [0.717, 1.165) is 19.4 Å². The van der Waals surface area contributed by atoms with Crippen molar-refractivity contribution >= 4 is 12.0 Å². The third-order valence-electron chi connectivity index (χ3n) is 2.61. The van der Waals surface area contributed by atoms with Crippen LogP contribution in [0.1, 0.15) is 26.7 Å². The molecule has 1 heterocycles. The number of nitrogens with two attached hydrogens (primary N) is 1. The maximum Gasteiger partial charge on any atom is 0.410 e. The second-order valence-corrected chi connectivity index (χ2v) is 4.53. The van der Waals surface area contributed by atoms with Gasteiger partial charge in [0.25, 0.3) is 0 Å². The number of primary amides is 1. The summed E-state index contributed by atoms with van der Waals surface area (Å²) in [5.74, 6) is -0.517. The van der Waals surface area contributed by atoms with Crippen LogP contribution in [0.5, 0.6) is 0 Å². The number of piperidine rings is 1. The highest BCUT2D eigenvalue weighted by molar-refractivity contribution is 5.81. The first-order valence-electron chi connectivity index (χ1n) is 5.97. The lowest BCUT2D eigenvalue weighted by Crippen LogP contribution is -2.52. The fraction of sp³-hybridized carbons (Fsp3) is 0.818. The number of hydrogen-bond acceptors (Lipinski definition) is 4. The maximum atomic E-state index is 11.9. The molecule has 0 aromatic heterocycles. The molecule has 2 amide bonds. The predicted molar refractivity (Wildman–Crippen MR) is 63.4 cm³/mol. The van der Waals surface area contributed by atoms with Gasteiger partial charge in [-0.05, 0) is 33.2 Å². The van der Waals surface area contributed by atoms with Gasteiger partial charge in [-0.1, -0.05) is 0 Å². The van der Waals surface area contributed by atoms with Gasteiger partial charge in [-0.25, -0.2) is 4.79 Å². The first-order chi connectivity index (χ1) is 8.00. The van der Waals surface area contributed by atoms with Crippen LogP contribution in [0.15, 0.2) is 0 Å². The average molecular weight is 243 g/mol. The van der Waals surface area contributed by atoms with Gasteiger partial charge in [-0.15, -0.1) is 0 Å². The summed E-state index contributed by atoms with van der Waals surface area (Å²) >= 11 is 0. The number of hydrogen-bond donors (Lipinski definition) is 2. The molecule has 0 radical (unpaired) electrons. The van der Waals surface area contributed by atoms with Crippen molar-refractivity contribution in [2.75, 3.05) is 19.6 Å².